The zero-order chi connectivity index (χ0) is 13.8. The van der Waals surface area contributed by atoms with E-state index in [1.807, 2.05) is 12.1 Å². The van der Waals surface area contributed by atoms with E-state index in [1.165, 1.54) is 0 Å². The van der Waals surface area contributed by atoms with E-state index < -0.39 is 0 Å². The van der Waals surface area contributed by atoms with Crippen molar-refractivity contribution in [2.24, 2.45) is 5.92 Å². The van der Waals surface area contributed by atoms with Crippen molar-refractivity contribution in [2.75, 3.05) is 25.0 Å². The summed E-state index contributed by atoms with van der Waals surface area (Å²) >= 11 is 0. The predicted molar refractivity (Wildman–Crippen MR) is 75.1 cm³/mol. The number of amides is 1. The Balaban J connectivity index is 1.95. The molecule has 1 fully saturated rings. The lowest BCUT2D eigenvalue weighted by atomic mass is 10.1. The Morgan fingerprint density at radius 3 is 2.84 bits per heavy atom. The molecular formula is C14H22N4O. The van der Waals surface area contributed by atoms with E-state index in [2.05, 4.69) is 34.3 Å². The van der Waals surface area contributed by atoms with E-state index in [1.54, 1.807) is 7.05 Å². The highest BCUT2D eigenvalue weighted by molar-refractivity contribution is 5.75. The van der Waals surface area contributed by atoms with Crippen molar-refractivity contribution in [1.82, 2.24) is 15.5 Å². The molecule has 2 heterocycles. The summed E-state index contributed by atoms with van der Waals surface area (Å²) in [6, 6.07) is 4.07. The number of aromatic nitrogens is 2. The summed E-state index contributed by atoms with van der Waals surface area (Å²) < 4.78 is 0. The first-order chi connectivity index (χ1) is 9.10. The van der Waals surface area contributed by atoms with E-state index in [-0.39, 0.29) is 5.91 Å². The summed E-state index contributed by atoms with van der Waals surface area (Å²) in [7, 11) is 1.69. The van der Waals surface area contributed by atoms with Gasteiger partial charge in [-0.2, -0.15) is 5.10 Å². The van der Waals surface area contributed by atoms with Crippen molar-refractivity contribution < 1.29 is 4.79 Å². The van der Waals surface area contributed by atoms with Gasteiger partial charge in [0.25, 0.3) is 0 Å². The van der Waals surface area contributed by atoms with Gasteiger partial charge in [-0.05, 0) is 30.4 Å². The molecule has 1 amide bonds. The molecule has 2 rings (SSSR count). The zero-order valence-electron chi connectivity index (χ0n) is 11.9. The molecule has 5 nitrogen and oxygen atoms in total. The average molecular weight is 262 g/mol. The second-order valence-corrected chi connectivity index (χ2v) is 5.45. The molecule has 0 radical (unpaired) electrons. The molecule has 1 N–H and O–H groups in total. The molecule has 104 valence electrons. The van der Waals surface area contributed by atoms with E-state index in [0.29, 0.717) is 18.3 Å². The summed E-state index contributed by atoms with van der Waals surface area (Å²) in [5.41, 5.74) is 1.02. The summed E-state index contributed by atoms with van der Waals surface area (Å²) in [5, 5.41) is 11.2. The van der Waals surface area contributed by atoms with Crippen molar-refractivity contribution >= 4 is 11.7 Å². The lowest BCUT2D eigenvalue weighted by molar-refractivity contribution is -0.121. The van der Waals surface area contributed by atoms with Gasteiger partial charge in [0, 0.05) is 26.6 Å². The fourth-order valence-corrected chi connectivity index (χ4v) is 2.38. The first-order valence-corrected chi connectivity index (χ1v) is 6.89. The van der Waals surface area contributed by atoms with Crippen LogP contribution in [0, 0.1) is 5.92 Å². The van der Waals surface area contributed by atoms with Crippen LogP contribution >= 0.6 is 0 Å². The third-order valence-corrected chi connectivity index (χ3v) is 3.63. The third-order valence-electron chi connectivity index (χ3n) is 3.63. The first kappa shape index (κ1) is 13.8. The molecular weight excluding hydrogens is 240 g/mol. The molecule has 1 saturated heterocycles. The molecule has 19 heavy (non-hydrogen) atoms. The van der Waals surface area contributed by atoms with Crippen LogP contribution in [0.15, 0.2) is 12.1 Å². The van der Waals surface area contributed by atoms with Gasteiger partial charge in [-0.25, -0.2) is 0 Å². The van der Waals surface area contributed by atoms with Crippen molar-refractivity contribution in [2.45, 2.75) is 32.6 Å². The van der Waals surface area contributed by atoms with Gasteiger partial charge in [-0.1, -0.05) is 13.8 Å². The Bertz CT molecular complexity index is 430. The van der Waals surface area contributed by atoms with Gasteiger partial charge in [-0.15, -0.1) is 5.10 Å². The molecule has 0 bridgehead atoms. The third kappa shape index (κ3) is 3.43. The van der Waals surface area contributed by atoms with Crippen LogP contribution in [0.1, 0.15) is 38.3 Å². The topological polar surface area (TPSA) is 58.1 Å². The minimum Gasteiger partial charge on any atom is -0.359 e. The molecule has 1 atom stereocenters. The lowest BCUT2D eigenvalue weighted by Crippen LogP contribution is -2.25. The van der Waals surface area contributed by atoms with Crippen LogP contribution in [-0.4, -0.2) is 36.2 Å². The molecule has 0 aromatic carbocycles. The van der Waals surface area contributed by atoms with Crippen LogP contribution in [0.25, 0.3) is 0 Å². The Morgan fingerprint density at radius 2 is 2.26 bits per heavy atom. The van der Waals surface area contributed by atoms with Gasteiger partial charge >= 0.3 is 0 Å². The van der Waals surface area contributed by atoms with Crippen LogP contribution in [0.3, 0.4) is 0 Å². The molecule has 1 aromatic heterocycles. The summed E-state index contributed by atoms with van der Waals surface area (Å²) in [5.74, 6) is 1.87. The molecule has 0 aliphatic carbocycles. The number of carbonyl (C=O) groups excluding carboxylic acids is 1. The molecule has 0 saturated carbocycles. The first-order valence-electron chi connectivity index (χ1n) is 6.89. The highest BCUT2D eigenvalue weighted by Gasteiger charge is 2.25. The van der Waals surface area contributed by atoms with E-state index in [9.17, 15) is 4.79 Å². The van der Waals surface area contributed by atoms with Crippen molar-refractivity contribution in [1.29, 1.82) is 0 Å². The van der Waals surface area contributed by atoms with Gasteiger partial charge in [0.1, 0.15) is 0 Å². The Morgan fingerprint density at radius 1 is 1.47 bits per heavy atom. The predicted octanol–water partition coefficient (Wildman–Crippen LogP) is 1.56. The quantitative estimate of drug-likeness (QED) is 0.894. The molecule has 1 aromatic rings. The number of nitrogens with one attached hydrogen (secondary N) is 1. The Labute approximate surface area is 114 Å². The highest BCUT2D eigenvalue weighted by atomic mass is 16.1. The highest BCUT2D eigenvalue weighted by Crippen LogP contribution is 2.24. The van der Waals surface area contributed by atoms with Crippen molar-refractivity contribution in [3.63, 3.8) is 0 Å². The number of hydrogen-bond acceptors (Lipinski definition) is 4. The number of anilines is 1. The summed E-state index contributed by atoms with van der Waals surface area (Å²) in [4.78, 5) is 13.6. The Kier molecular flexibility index (Phi) is 4.35. The number of carbonyl (C=O) groups is 1. The smallest absolute Gasteiger partial charge is 0.220 e. The van der Waals surface area contributed by atoms with E-state index in [0.717, 1.165) is 31.0 Å². The largest absolute Gasteiger partial charge is 0.359 e. The monoisotopic (exact) mass is 262 g/mol. The van der Waals surface area contributed by atoms with Gasteiger partial charge in [0.05, 0.1) is 5.69 Å². The molecule has 5 heteroatoms. The average Bonchev–Trinajstić information content (AvgIpc) is 2.87. The normalized spacial score (nSPS) is 18.9. The minimum atomic E-state index is 0.119. The number of hydrogen-bond donors (Lipinski definition) is 1. The van der Waals surface area contributed by atoms with Crippen LogP contribution in [0.2, 0.25) is 0 Å². The zero-order valence-corrected chi connectivity index (χ0v) is 11.9. The van der Waals surface area contributed by atoms with Crippen LogP contribution in [0.4, 0.5) is 5.82 Å². The second kappa shape index (κ2) is 5.99. The van der Waals surface area contributed by atoms with Gasteiger partial charge < -0.3 is 10.2 Å². The molecule has 1 aliphatic rings. The van der Waals surface area contributed by atoms with Crippen molar-refractivity contribution in [3.8, 4) is 0 Å². The molecule has 1 unspecified atom stereocenters. The summed E-state index contributed by atoms with van der Waals surface area (Å²) in [6.07, 6.45) is 1.64. The standard InChI is InChI=1S/C14H22N4O/c1-10(2)12-4-5-13(17-16-12)18-7-6-11(9-18)8-14(19)15-3/h4-5,10-11H,6-9H2,1-3H3,(H,15,19). The van der Waals surface area contributed by atoms with Crippen LogP contribution in [0.5, 0.6) is 0 Å². The van der Waals surface area contributed by atoms with E-state index in [4.69, 9.17) is 0 Å². The van der Waals surface area contributed by atoms with Crippen LogP contribution < -0.4 is 10.2 Å². The number of nitrogens with zero attached hydrogens (tertiary/aromatic N) is 3. The molecule has 0 spiro atoms. The SMILES string of the molecule is CNC(=O)CC1CCN(c2ccc(C(C)C)nn2)C1. The van der Waals surface area contributed by atoms with Gasteiger partial charge in [0.2, 0.25) is 5.91 Å². The lowest BCUT2D eigenvalue weighted by Gasteiger charge is -2.17. The molecule has 1 aliphatic heterocycles. The maximum atomic E-state index is 11.4. The maximum absolute atomic E-state index is 11.4. The van der Waals surface area contributed by atoms with E-state index >= 15 is 0 Å². The second-order valence-electron chi connectivity index (χ2n) is 5.45. The minimum absolute atomic E-state index is 0.119. The maximum Gasteiger partial charge on any atom is 0.220 e. The fraction of sp³-hybridized carbons (Fsp3) is 0.643. The summed E-state index contributed by atoms with van der Waals surface area (Å²) in [6.45, 7) is 6.07. The van der Waals surface area contributed by atoms with Crippen molar-refractivity contribution in [3.05, 3.63) is 17.8 Å². The van der Waals surface area contributed by atoms with Crippen LogP contribution in [-0.2, 0) is 4.79 Å². The fourth-order valence-electron chi connectivity index (χ4n) is 2.38. The number of rotatable bonds is 4. The van der Waals surface area contributed by atoms with Gasteiger partial charge in [-0.3, -0.25) is 4.79 Å². The van der Waals surface area contributed by atoms with Gasteiger partial charge in [0.15, 0.2) is 5.82 Å². The Hall–Kier alpha value is -1.65.